The molecule has 1 rings (SSSR count). The Morgan fingerprint density at radius 1 is 1.62 bits per heavy atom. The molecule has 0 aliphatic carbocycles. The molecule has 0 radical (unpaired) electrons. The van der Waals surface area contributed by atoms with E-state index in [1.807, 2.05) is 0 Å². The molecule has 0 aliphatic rings. The Hall–Kier alpha value is -0.620. The van der Waals surface area contributed by atoms with Gasteiger partial charge < -0.3 is 9.52 Å². The van der Waals surface area contributed by atoms with Crippen LogP contribution in [-0.2, 0) is 0 Å². The molecule has 1 aromatic heterocycles. The summed E-state index contributed by atoms with van der Waals surface area (Å²) in [6, 6.07) is 2.47. The SMILES string of the molecule is CN(C(=O)Nc1ccco1)C(O)C(Cl)(Cl)Cl. The maximum absolute atomic E-state index is 11.5. The summed E-state index contributed by atoms with van der Waals surface area (Å²) >= 11 is 16.3. The van der Waals surface area contributed by atoms with Crippen molar-refractivity contribution in [3.05, 3.63) is 18.4 Å². The number of carbonyl (C=O) groups excluding carboxylic acids is 1. The minimum absolute atomic E-state index is 0.230. The van der Waals surface area contributed by atoms with Crippen molar-refractivity contribution in [2.24, 2.45) is 0 Å². The number of urea groups is 1. The molecule has 5 nitrogen and oxygen atoms in total. The molecule has 2 N–H and O–H groups in total. The van der Waals surface area contributed by atoms with Gasteiger partial charge in [0.2, 0.25) is 9.68 Å². The number of rotatable bonds is 2. The molecule has 0 bridgehead atoms. The highest BCUT2D eigenvalue weighted by Crippen LogP contribution is 2.31. The van der Waals surface area contributed by atoms with Crippen LogP contribution in [0.15, 0.2) is 22.8 Å². The van der Waals surface area contributed by atoms with Gasteiger partial charge in [0.25, 0.3) is 0 Å². The number of carbonyl (C=O) groups is 1. The first-order chi connectivity index (χ1) is 7.32. The van der Waals surface area contributed by atoms with Gasteiger partial charge in [0.05, 0.1) is 6.26 Å². The highest BCUT2D eigenvalue weighted by atomic mass is 35.6. The molecule has 0 fully saturated rings. The molecular formula is C8H9Cl3N2O3. The lowest BCUT2D eigenvalue weighted by atomic mass is 10.5. The molecular weight excluding hydrogens is 278 g/mol. The average molecular weight is 288 g/mol. The molecule has 1 aromatic rings. The lowest BCUT2D eigenvalue weighted by Gasteiger charge is -2.28. The number of aliphatic hydroxyl groups excluding tert-OH is 1. The Bertz CT molecular complexity index is 350. The number of halogens is 3. The van der Waals surface area contributed by atoms with Gasteiger partial charge >= 0.3 is 6.03 Å². The van der Waals surface area contributed by atoms with E-state index in [0.29, 0.717) is 0 Å². The molecule has 0 saturated carbocycles. The summed E-state index contributed by atoms with van der Waals surface area (Å²) in [4.78, 5) is 12.4. The highest BCUT2D eigenvalue weighted by Gasteiger charge is 2.36. The summed E-state index contributed by atoms with van der Waals surface area (Å²) < 4.78 is 2.90. The van der Waals surface area contributed by atoms with Crippen LogP contribution in [0.25, 0.3) is 0 Å². The second-order valence-electron chi connectivity index (χ2n) is 2.93. The van der Waals surface area contributed by atoms with Gasteiger partial charge in [-0.2, -0.15) is 0 Å². The smallest absolute Gasteiger partial charge is 0.326 e. The third kappa shape index (κ3) is 3.45. The predicted octanol–water partition coefficient (Wildman–Crippen LogP) is 2.43. The first-order valence-electron chi connectivity index (χ1n) is 4.14. The lowest BCUT2D eigenvalue weighted by molar-refractivity contribution is 0.0545. The molecule has 0 spiro atoms. The van der Waals surface area contributed by atoms with Crippen molar-refractivity contribution in [2.75, 3.05) is 12.4 Å². The number of amides is 2. The number of furan rings is 1. The second-order valence-corrected chi connectivity index (χ2v) is 5.30. The summed E-state index contributed by atoms with van der Waals surface area (Å²) in [5.74, 6) is 0.230. The lowest BCUT2D eigenvalue weighted by Crippen LogP contribution is -2.46. The average Bonchev–Trinajstić information content (AvgIpc) is 2.66. The molecule has 1 atom stereocenters. The predicted molar refractivity (Wildman–Crippen MR) is 61.8 cm³/mol. The van der Waals surface area contributed by atoms with Gasteiger partial charge in [-0.1, -0.05) is 34.8 Å². The van der Waals surface area contributed by atoms with Crippen LogP contribution in [0.4, 0.5) is 10.7 Å². The fourth-order valence-electron chi connectivity index (χ4n) is 0.874. The van der Waals surface area contributed by atoms with Crippen molar-refractivity contribution >= 4 is 46.7 Å². The third-order valence-electron chi connectivity index (χ3n) is 1.73. The van der Waals surface area contributed by atoms with Gasteiger partial charge in [0, 0.05) is 13.1 Å². The summed E-state index contributed by atoms with van der Waals surface area (Å²) in [5.41, 5.74) is 0. The van der Waals surface area contributed by atoms with Gasteiger partial charge in [-0.25, -0.2) is 4.79 Å². The number of nitrogens with zero attached hydrogens (tertiary/aromatic N) is 1. The normalized spacial score (nSPS) is 13.3. The van der Waals surface area contributed by atoms with E-state index in [9.17, 15) is 9.90 Å². The molecule has 16 heavy (non-hydrogen) atoms. The minimum atomic E-state index is -1.98. The third-order valence-corrected chi connectivity index (χ3v) is 2.32. The maximum Gasteiger partial charge on any atom is 0.326 e. The van der Waals surface area contributed by atoms with E-state index in [0.717, 1.165) is 4.90 Å². The van der Waals surface area contributed by atoms with Gasteiger partial charge in [0.1, 0.15) is 0 Å². The first kappa shape index (κ1) is 13.4. The van der Waals surface area contributed by atoms with Crippen LogP contribution in [0.1, 0.15) is 0 Å². The largest absolute Gasteiger partial charge is 0.449 e. The molecule has 0 aliphatic heterocycles. The molecule has 1 heterocycles. The Morgan fingerprint density at radius 2 is 2.25 bits per heavy atom. The van der Waals surface area contributed by atoms with Crippen LogP contribution in [-0.4, -0.2) is 33.1 Å². The number of aliphatic hydroxyl groups is 1. The topological polar surface area (TPSA) is 65.7 Å². The molecule has 8 heteroatoms. The van der Waals surface area contributed by atoms with E-state index in [-0.39, 0.29) is 5.88 Å². The monoisotopic (exact) mass is 286 g/mol. The van der Waals surface area contributed by atoms with Crippen molar-refractivity contribution in [1.82, 2.24) is 4.90 Å². The number of hydrogen-bond acceptors (Lipinski definition) is 3. The van der Waals surface area contributed by atoms with Gasteiger partial charge in [-0.3, -0.25) is 10.2 Å². The number of alkyl halides is 3. The summed E-state index contributed by atoms with van der Waals surface area (Å²) in [7, 11) is 1.28. The standard InChI is InChI=1S/C8H9Cl3N2O3/c1-13(6(14)8(9,10)11)7(15)12-5-3-2-4-16-5/h2-4,6,14H,1H3,(H,12,15). The molecule has 90 valence electrons. The summed E-state index contributed by atoms with van der Waals surface area (Å²) in [5, 5.41) is 11.9. The van der Waals surface area contributed by atoms with E-state index in [1.54, 1.807) is 6.07 Å². The summed E-state index contributed by atoms with van der Waals surface area (Å²) in [6.45, 7) is 0. The van der Waals surface area contributed by atoms with E-state index < -0.39 is 16.1 Å². The number of hydrogen-bond donors (Lipinski definition) is 2. The van der Waals surface area contributed by atoms with Crippen molar-refractivity contribution in [1.29, 1.82) is 0 Å². The highest BCUT2D eigenvalue weighted by molar-refractivity contribution is 6.68. The number of nitrogens with one attached hydrogen (secondary N) is 1. The maximum atomic E-state index is 11.5. The van der Waals surface area contributed by atoms with Gasteiger partial charge in [-0.15, -0.1) is 0 Å². The van der Waals surface area contributed by atoms with Crippen molar-refractivity contribution in [2.45, 2.75) is 10.0 Å². The Kier molecular flexibility index (Phi) is 4.32. The van der Waals surface area contributed by atoms with E-state index in [2.05, 4.69) is 5.32 Å². The van der Waals surface area contributed by atoms with Crippen LogP contribution in [0.3, 0.4) is 0 Å². The van der Waals surface area contributed by atoms with Crippen LogP contribution in [0, 0.1) is 0 Å². The van der Waals surface area contributed by atoms with Gasteiger partial charge in [-0.05, 0) is 6.07 Å². The second kappa shape index (κ2) is 5.14. The molecule has 0 aromatic carbocycles. The zero-order chi connectivity index (χ0) is 12.3. The van der Waals surface area contributed by atoms with Crippen LogP contribution < -0.4 is 5.32 Å². The van der Waals surface area contributed by atoms with Crippen LogP contribution >= 0.6 is 34.8 Å². The van der Waals surface area contributed by atoms with Crippen LogP contribution in [0.2, 0.25) is 0 Å². The molecule has 1 unspecified atom stereocenters. The fraction of sp³-hybridized carbons (Fsp3) is 0.375. The zero-order valence-corrected chi connectivity index (χ0v) is 10.4. The Morgan fingerprint density at radius 3 is 2.69 bits per heavy atom. The van der Waals surface area contributed by atoms with Crippen molar-refractivity contribution in [3.8, 4) is 0 Å². The van der Waals surface area contributed by atoms with Crippen molar-refractivity contribution in [3.63, 3.8) is 0 Å². The first-order valence-corrected chi connectivity index (χ1v) is 5.28. The van der Waals surface area contributed by atoms with Crippen LogP contribution in [0.5, 0.6) is 0 Å². The zero-order valence-electron chi connectivity index (χ0n) is 8.15. The minimum Gasteiger partial charge on any atom is -0.449 e. The Labute approximate surface area is 107 Å². The fourth-order valence-corrected chi connectivity index (χ4v) is 1.31. The van der Waals surface area contributed by atoms with Gasteiger partial charge in [0.15, 0.2) is 6.23 Å². The van der Waals surface area contributed by atoms with E-state index >= 15 is 0 Å². The summed E-state index contributed by atoms with van der Waals surface area (Å²) in [6.07, 6.45) is -0.173. The van der Waals surface area contributed by atoms with E-state index in [4.69, 9.17) is 39.2 Å². The van der Waals surface area contributed by atoms with Crippen molar-refractivity contribution < 1.29 is 14.3 Å². The molecule has 0 saturated heterocycles. The van der Waals surface area contributed by atoms with E-state index in [1.165, 1.54) is 19.4 Å². The Balaban J connectivity index is 2.61. The number of anilines is 1. The molecule has 2 amide bonds. The quantitative estimate of drug-likeness (QED) is 0.648.